The average molecular weight is 558 g/mol. The molecule has 1 amide bonds. The Morgan fingerprint density at radius 1 is 1.08 bits per heavy atom. The maximum atomic E-state index is 14.0. The van der Waals surface area contributed by atoms with Gasteiger partial charge in [-0.25, -0.2) is 9.36 Å². The van der Waals surface area contributed by atoms with Crippen LogP contribution in [-0.4, -0.2) is 23.6 Å². The van der Waals surface area contributed by atoms with E-state index in [9.17, 15) is 14.5 Å². The van der Waals surface area contributed by atoms with Crippen LogP contribution in [0, 0.1) is 6.92 Å². The summed E-state index contributed by atoms with van der Waals surface area (Å²) >= 11 is 7.67. The molecule has 1 aromatic heterocycles. The molecule has 2 heterocycles. The molecule has 1 aliphatic rings. The first-order valence-corrected chi connectivity index (χ1v) is 14.5. The summed E-state index contributed by atoms with van der Waals surface area (Å²) in [5.41, 5.74) is 3.92. The van der Waals surface area contributed by atoms with E-state index in [1.54, 1.807) is 6.07 Å². The Kier molecular flexibility index (Phi) is 7.56. The minimum Gasteiger partial charge on any atom is -0.465 e. The number of phosphoric acid groups is 1. The molecule has 0 unspecified atom stereocenters. The Morgan fingerprint density at radius 3 is 2.22 bits per heavy atom. The Labute approximate surface area is 223 Å². The average Bonchev–Trinajstić information content (AvgIpc) is 3.48. The van der Waals surface area contributed by atoms with E-state index in [1.165, 1.54) is 16.2 Å². The number of benzene rings is 3. The second-order valence-electron chi connectivity index (χ2n) is 8.73. The van der Waals surface area contributed by atoms with Gasteiger partial charge in [-0.2, -0.15) is 0 Å². The van der Waals surface area contributed by atoms with Gasteiger partial charge >= 0.3 is 13.9 Å². The van der Waals surface area contributed by atoms with Gasteiger partial charge in [0.25, 0.3) is 0 Å². The summed E-state index contributed by atoms with van der Waals surface area (Å²) in [5.74, 6) is 0.367. The van der Waals surface area contributed by atoms with Crippen LogP contribution in [0.4, 0.5) is 10.5 Å². The Morgan fingerprint density at radius 2 is 1.68 bits per heavy atom. The smallest absolute Gasteiger partial charge is 0.465 e. The van der Waals surface area contributed by atoms with Gasteiger partial charge in [0.1, 0.15) is 0 Å². The van der Waals surface area contributed by atoms with Crippen LogP contribution in [0.25, 0.3) is 10.1 Å². The number of alkyl halides is 1. The molecule has 37 heavy (non-hydrogen) atoms. The molecule has 0 saturated heterocycles. The number of fused-ring (bicyclic) bond motifs is 3. The van der Waals surface area contributed by atoms with Crippen molar-refractivity contribution in [3.8, 4) is 5.75 Å². The third-order valence-corrected chi connectivity index (χ3v) is 9.00. The van der Waals surface area contributed by atoms with E-state index in [0.29, 0.717) is 5.69 Å². The lowest BCUT2D eigenvalue weighted by atomic mass is 9.97. The third-order valence-electron chi connectivity index (χ3n) is 6.21. The Bertz CT molecular complexity index is 1410. The van der Waals surface area contributed by atoms with Gasteiger partial charge in [0.15, 0.2) is 5.75 Å². The maximum Gasteiger partial charge on any atom is 0.530 e. The fraction of sp³-hybridized carbons (Fsp3) is 0.222. The Hall–Kier alpha value is -2.87. The van der Waals surface area contributed by atoms with Gasteiger partial charge in [-0.05, 0) is 34.6 Å². The molecule has 0 aliphatic carbocycles. The molecule has 4 aromatic rings. The highest BCUT2D eigenvalue weighted by atomic mass is 35.5. The van der Waals surface area contributed by atoms with Crippen molar-refractivity contribution in [2.75, 3.05) is 17.3 Å². The molecule has 0 saturated carbocycles. The van der Waals surface area contributed by atoms with Crippen molar-refractivity contribution in [3.63, 3.8) is 0 Å². The molecule has 7 nitrogen and oxygen atoms in total. The lowest BCUT2D eigenvalue weighted by molar-refractivity contribution is 0.143. The third kappa shape index (κ3) is 5.40. The number of carboxylic acid groups (broad SMARTS) is 1. The van der Waals surface area contributed by atoms with Crippen molar-refractivity contribution in [2.24, 2.45) is 0 Å². The van der Waals surface area contributed by atoms with Crippen molar-refractivity contribution in [1.29, 1.82) is 0 Å². The highest BCUT2D eigenvalue weighted by Crippen LogP contribution is 2.56. The predicted molar refractivity (Wildman–Crippen MR) is 146 cm³/mol. The van der Waals surface area contributed by atoms with Crippen molar-refractivity contribution in [3.05, 3.63) is 94.4 Å². The zero-order chi connectivity index (χ0) is 26.0. The number of thiophene rings is 1. The number of amides is 1. The van der Waals surface area contributed by atoms with Gasteiger partial charge in [0.05, 0.1) is 23.6 Å². The summed E-state index contributed by atoms with van der Waals surface area (Å²) < 4.78 is 32.4. The number of hydrogen-bond donors (Lipinski definition) is 1. The van der Waals surface area contributed by atoms with Crippen LogP contribution < -0.4 is 9.42 Å². The van der Waals surface area contributed by atoms with Gasteiger partial charge in [-0.1, -0.05) is 60.7 Å². The van der Waals surface area contributed by atoms with Gasteiger partial charge in [0.2, 0.25) is 0 Å². The molecule has 1 aliphatic heterocycles. The minimum atomic E-state index is -4.14. The number of rotatable bonds is 9. The van der Waals surface area contributed by atoms with E-state index in [-0.39, 0.29) is 37.3 Å². The molecule has 1 N–H and O–H groups in total. The van der Waals surface area contributed by atoms with Crippen LogP contribution in [0.5, 0.6) is 5.75 Å². The largest absolute Gasteiger partial charge is 0.530 e. The van der Waals surface area contributed by atoms with Crippen LogP contribution in [-0.2, 0) is 26.8 Å². The molecule has 192 valence electrons. The summed E-state index contributed by atoms with van der Waals surface area (Å²) in [5, 5.41) is 12.7. The first-order chi connectivity index (χ1) is 17.9. The number of halogens is 1. The van der Waals surface area contributed by atoms with Crippen molar-refractivity contribution < 1.29 is 28.0 Å². The second-order valence-corrected chi connectivity index (χ2v) is 11.5. The quantitative estimate of drug-likeness (QED) is 0.166. The fourth-order valence-electron chi connectivity index (χ4n) is 4.44. The number of aryl methyl sites for hydroxylation is 1. The summed E-state index contributed by atoms with van der Waals surface area (Å²) in [6, 6.07) is 20.3. The second kappa shape index (κ2) is 10.9. The number of phosphoric ester groups is 1. The molecule has 0 bridgehead atoms. The first-order valence-electron chi connectivity index (χ1n) is 11.7. The van der Waals surface area contributed by atoms with Crippen LogP contribution in [0.2, 0.25) is 0 Å². The summed E-state index contributed by atoms with van der Waals surface area (Å²) in [4.78, 5) is 13.3. The lowest BCUT2D eigenvalue weighted by Gasteiger charge is -2.21. The molecule has 0 radical (unpaired) electrons. The van der Waals surface area contributed by atoms with Crippen LogP contribution in [0.1, 0.15) is 28.2 Å². The van der Waals surface area contributed by atoms with Crippen molar-refractivity contribution in [1.82, 2.24) is 0 Å². The lowest BCUT2D eigenvalue weighted by Crippen LogP contribution is -2.28. The summed E-state index contributed by atoms with van der Waals surface area (Å²) in [6.07, 6.45) is -1.09. The highest BCUT2D eigenvalue weighted by Gasteiger charge is 2.37. The van der Waals surface area contributed by atoms with Crippen molar-refractivity contribution >= 4 is 52.6 Å². The van der Waals surface area contributed by atoms with Gasteiger partial charge in [-0.15, -0.1) is 22.9 Å². The fourth-order valence-corrected chi connectivity index (χ4v) is 6.95. The number of anilines is 1. The van der Waals surface area contributed by atoms with Crippen molar-refractivity contribution in [2.45, 2.75) is 26.1 Å². The van der Waals surface area contributed by atoms with Gasteiger partial charge < -0.3 is 9.63 Å². The summed E-state index contributed by atoms with van der Waals surface area (Å²) in [7, 11) is -4.14. The standard InChI is InChI=1S/C27H25ClNO6PS/c1-18-17-37-26-23(12-22-25(24(18)26)21(13-28)14-29(22)27(30)31)35-36(32,33-15-19-8-4-2-5-9-19)34-16-20-10-6-3-7-11-20/h2-12,17,21H,13-16H2,1H3,(H,30,31)/t21-/m1/s1. The zero-order valence-electron chi connectivity index (χ0n) is 20.0. The van der Waals surface area contributed by atoms with E-state index in [4.69, 9.17) is 25.2 Å². The molecular formula is C27H25ClNO6PS. The minimum absolute atomic E-state index is 0.0139. The van der Waals surface area contributed by atoms with E-state index in [0.717, 1.165) is 32.3 Å². The Balaban J connectivity index is 1.54. The number of hydrogen-bond acceptors (Lipinski definition) is 6. The van der Waals surface area contributed by atoms with Crippen LogP contribution in [0.15, 0.2) is 72.1 Å². The molecular weight excluding hydrogens is 533 g/mol. The topological polar surface area (TPSA) is 85.3 Å². The molecule has 10 heteroatoms. The van der Waals surface area contributed by atoms with Gasteiger partial charge in [-0.3, -0.25) is 13.9 Å². The van der Waals surface area contributed by atoms with E-state index in [2.05, 4.69) is 0 Å². The zero-order valence-corrected chi connectivity index (χ0v) is 22.5. The van der Waals surface area contributed by atoms with Crippen LogP contribution >= 0.6 is 30.8 Å². The van der Waals surface area contributed by atoms with E-state index in [1.807, 2.05) is 73.0 Å². The van der Waals surface area contributed by atoms with Gasteiger partial charge in [0, 0.05) is 29.8 Å². The number of nitrogens with zero attached hydrogens (tertiary/aromatic N) is 1. The predicted octanol–water partition coefficient (Wildman–Crippen LogP) is 7.95. The molecule has 0 fully saturated rings. The monoisotopic (exact) mass is 557 g/mol. The van der Waals surface area contributed by atoms with Crippen LogP contribution in [0.3, 0.4) is 0 Å². The number of carbonyl (C=O) groups is 1. The molecule has 1 atom stereocenters. The maximum absolute atomic E-state index is 14.0. The normalized spacial score (nSPS) is 15.2. The molecule has 3 aromatic carbocycles. The summed E-state index contributed by atoms with van der Waals surface area (Å²) in [6.45, 7) is 2.23. The van der Waals surface area contributed by atoms with E-state index >= 15 is 0 Å². The first kappa shape index (κ1) is 25.8. The molecule has 0 spiro atoms. The molecule has 5 rings (SSSR count). The SMILES string of the molecule is Cc1csc2c(OP(=O)(OCc3ccccc3)OCc3ccccc3)cc3c(c12)[C@H](CCl)CN3C(=O)O. The van der Waals surface area contributed by atoms with E-state index < -0.39 is 13.9 Å². The highest BCUT2D eigenvalue weighted by molar-refractivity contribution is 7.49.